The van der Waals surface area contributed by atoms with Crippen LogP contribution in [0, 0.1) is 5.92 Å². The van der Waals surface area contributed by atoms with Crippen molar-refractivity contribution in [3.8, 4) is 5.75 Å². The van der Waals surface area contributed by atoms with Gasteiger partial charge in [0.25, 0.3) is 0 Å². The number of nitrogens with one attached hydrogen (secondary N) is 1. The molecule has 166 valence electrons. The summed E-state index contributed by atoms with van der Waals surface area (Å²) in [5.74, 6) is 1.46. The summed E-state index contributed by atoms with van der Waals surface area (Å²) in [4.78, 5) is 26.4. The third-order valence-electron chi connectivity index (χ3n) is 5.99. The maximum atomic E-state index is 13.2. The van der Waals surface area contributed by atoms with E-state index in [1.54, 1.807) is 30.3 Å². The number of halogens is 2. The van der Waals surface area contributed by atoms with E-state index in [2.05, 4.69) is 29.0 Å². The number of rotatable bonds is 5. The van der Waals surface area contributed by atoms with Gasteiger partial charge in [0.1, 0.15) is 11.7 Å². The Morgan fingerprint density at radius 3 is 2.48 bits per heavy atom. The maximum Gasteiger partial charge on any atom is 0.249 e. The van der Waals surface area contributed by atoms with Gasteiger partial charge in [-0.15, -0.1) is 0 Å². The Bertz CT molecular complexity index is 971. The average molecular weight is 464 g/mol. The number of fused-ring (bicyclic) bond motifs is 1. The lowest BCUT2D eigenvalue weighted by Gasteiger charge is -2.44. The van der Waals surface area contributed by atoms with E-state index < -0.39 is 0 Å². The lowest BCUT2D eigenvalue weighted by Crippen LogP contribution is -2.56. The Morgan fingerprint density at radius 2 is 1.87 bits per heavy atom. The average Bonchev–Trinajstić information content (AvgIpc) is 3.24. The summed E-state index contributed by atoms with van der Waals surface area (Å²) in [6.45, 7) is 4.28. The number of benzene rings is 1. The van der Waals surface area contributed by atoms with E-state index in [9.17, 15) is 9.90 Å². The van der Waals surface area contributed by atoms with Gasteiger partial charge < -0.3 is 20.2 Å². The summed E-state index contributed by atoms with van der Waals surface area (Å²) in [5, 5.41) is 13.2. The molecular formula is C22H27Cl2N5O2. The van der Waals surface area contributed by atoms with Crippen molar-refractivity contribution in [1.29, 1.82) is 0 Å². The number of aromatic nitrogens is 2. The van der Waals surface area contributed by atoms with Crippen LogP contribution in [-0.4, -0.2) is 40.1 Å². The van der Waals surface area contributed by atoms with Gasteiger partial charge >= 0.3 is 0 Å². The molecule has 0 spiro atoms. The highest BCUT2D eigenvalue weighted by molar-refractivity contribution is 6.37. The number of amides is 1. The van der Waals surface area contributed by atoms with Crippen molar-refractivity contribution < 1.29 is 9.90 Å². The van der Waals surface area contributed by atoms with Gasteiger partial charge in [0.2, 0.25) is 11.9 Å². The third kappa shape index (κ3) is 4.26. The number of hydrogen-bond acceptors (Lipinski definition) is 6. The third-order valence-corrected chi connectivity index (χ3v) is 6.57. The van der Waals surface area contributed by atoms with E-state index in [1.807, 2.05) is 0 Å². The van der Waals surface area contributed by atoms with Crippen molar-refractivity contribution in [2.24, 2.45) is 5.92 Å². The Kier molecular flexibility index (Phi) is 6.17. The molecule has 1 aromatic heterocycles. The van der Waals surface area contributed by atoms with Crippen molar-refractivity contribution in [3.05, 3.63) is 28.4 Å². The second-order valence-corrected chi connectivity index (χ2v) is 9.52. The smallest absolute Gasteiger partial charge is 0.249 e. The summed E-state index contributed by atoms with van der Waals surface area (Å²) >= 11 is 12.1. The van der Waals surface area contributed by atoms with Crippen LogP contribution < -0.4 is 15.1 Å². The number of anilines is 4. The van der Waals surface area contributed by atoms with Gasteiger partial charge in [-0.25, -0.2) is 4.98 Å². The predicted molar refractivity (Wildman–Crippen MR) is 125 cm³/mol. The highest BCUT2D eigenvalue weighted by atomic mass is 35.5. The lowest BCUT2D eigenvalue weighted by molar-refractivity contribution is -0.120. The molecule has 0 bridgehead atoms. The van der Waals surface area contributed by atoms with Crippen molar-refractivity contribution in [3.63, 3.8) is 0 Å². The minimum atomic E-state index is -0.235. The molecule has 1 amide bonds. The van der Waals surface area contributed by atoms with Crippen LogP contribution in [-0.2, 0) is 4.79 Å². The number of carbonyl (C=O) groups is 1. The normalized spacial score (nSPS) is 19.3. The second-order valence-electron chi connectivity index (χ2n) is 8.70. The van der Waals surface area contributed by atoms with Crippen LogP contribution in [0.1, 0.15) is 46.0 Å². The molecule has 2 heterocycles. The van der Waals surface area contributed by atoms with E-state index in [4.69, 9.17) is 28.2 Å². The van der Waals surface area contributed by atoms with E-state index >= 15 is 0 Å². The largest absolute Gasteiger partial charge is 0.505 e. The van der Waals surface area contributed by atoms with Crippen LogP contribution in [0.3, 0.4) is 0 Å². The Hall–Kier alpha value is -2.25. The van der Waals surface area contributed by atoms with Gasteiger partial charge in [-0.1, -0.05) is 49.9 Å². The van der Waals surface area contributed by atoms with Crippen LogP contribution in [0.4, 0.5) is 23.1 Å². The zero-order valence-corrected chi connectivity index (χ0v) is 19.4. The molecule has 1 aromatic carbocycles. The van der Waals surface area contributed by atoms with Crippen LogP contribution >= 0.6 is 23.2 Å². The number of aromatic hydroxyl groups is 1. The highest BCUT2D eigenvalue weighted by Crippen LogP contribution is 2.41. The summed E-state index contributed by atoms with van der Waals surface area (Å²) in [5.41, 5.74) is 1.28. The van der Waals surface area contributed by atoms with Crippen molar-refractivity contribution in [2.75, 3.05) is 22.2 Å². The SMILES string of the molecule is CC(C)CC1C(=O)N(C)c2cnc(Nc3cc(Cl)c(O)c(Cl)c3)nc2N1C1CCCC1. The molecule has 31 heavy (non-hydrogen) atoms. The molecule has 7 nitrogen and oxygen atoms in total. The fourth-order valence-corrected chi connectivity index (χ4v) is 4.99. The molecule has 1 saturated carbocycles. The molecule has 0 saturated heterocycles. The zero-order chi connectivity index (χ0) is 22.3. The molecule has 2 N–H and O–H groups in total. The van der Waals surface area contributed by atoms with E-state index in [0.29, 0.717) is 29.3 Å². The summed E-state index contributed by atoms with van der Waals surface area (Å²) in [6.07, 6.45) is 6.89. The predicted octanol–water partition coefficient (Wildman–Crippen LogP) is 5.37. The minimum Gasteiger partial charge on any atom is -0.505 e. The fraction of sp³-hybridized carbons (Fsp3) is 0.500. The van der Waals surface area contributed by atoms with Gasteiger partial charge in [0.15, 0.2) is 11.6 Å². The minimum absolute atomic E-state index is 0.0921. The van der Waals surface area contributed by atoms with Gasteiger partial charge in [0.05, 0.1) is 16.2 Å². The number of hydrogen-bond donors (Lipinski definition) is 2. The van der Waals surface area contributed by atoms with Crippen LogP contribution in [0.15, 0.2) is 18.3 Å². The van der Waals surface area contributed by atoms with Crippen LogP contribution in [0.5, 0.6) is 5.75 Å². The van der Waals surface area contributed by atoms with Gasteiger partial charge in [-0.2, -0.15) is 4.98 Å². The molecule has 1 fully saturated rings. The summed E-state index contributed by atoms with van der Waals surface area (Å²) in [7, 11) is 1.79. The molecule has 1 aliphatic carbocycles. The first-order valence-electron chi connectivity index (χ1n) is 10.6. The quantitative estimate of drug-likeness (QED) is 0.579. The first kappa shape index (κ1) is 22.0. The number of likely N-dealkylation sites (N-methyl/N-ethyl adjacent to an activating group) is 1. The molecule has 0 radical (unpaired) electrons. The molecule has 1 atom stereocenters. The number of carbonyl (C=O) groups excluding carboxylic acids is 1. The topological polar surface area (TPSA) is 81.6 Å². The maximum absolute atomic E-state index is 13.2. The molecule has 9 heteroatoms. The van der Waals surface area contributed by atoms with Gasteiger partial charge in [0, 0.05) is 18.8 Å². The van der Waals surface area contributed by atoms with Gasteiger partial charge in [-0.3, -0.25) is 4.79 Å². The zero-order valence-electron chi connectivity index (χ0n) is 17.9. The van der Waals surface area contributed by atoms with E-state index in [-0.39, 0.29) is 27.7 Å². The monoisotopic (exact) mass is 463 g/mol. The van der Waals surface area contributed by atoms with Gasteiger partial charge in [-0.05, 0) is 37.3 Å². The van der Waals surface area contributed by atoms with Crippen molar-refractivity contribution in [1.82, 2.24) is 9.97 Å². The lowest BCUT2D eigenvalue weighted by atomic mass is 9.96. The standard InChI is InChI=1S/C22H27Cl2N5O2/c1-12(2)8-17-21(31)28(3)18-11-25-22(26-13-9-15(23)19(30)16(24)10-13)27-20(18)29(17)14-6-4-5-7-14/h9-12,14,17,30H,4-8H2,1-3H3,(H,25,26,27). The Balaban J connectivity index is 1.74. The molecular weight excluding hydrogens is 437 g/mol. The number of nitrogens with zero attached hydrogens (tertiary/aromatic N) is 4. The molecule has 2 aromatic rings. The van der Waals surface area contributed by atoms with Crippen LogP contribution in [0.25, 0.3) is 0 Å². The number of phenols is 1. The molecule has 1 aliphatic heterocycles. The first-order chi connectivity index (χ1) is 14.8. The molecule has 2 aliphatic rings. The Labute approximate surface area is 192 Å². The molecule has 1 unspecified atom stereocenters. The Morgan fingerprint density at radius 1 is 1.23 bits per heavy atom. The van der Waals surface area contributed by atoms with Crippen molar-refractivity contribution >= 4 is 52.3 Å². The van der Waals surface area contributed by atoms with Crippen molar-refractivity contribution in [2.45, 2.75) is 58.0 Å². The summed E-state index contributed by atoms with van der Waals surface area (Å²) in [6, 6.07) is 3.19. The second kappa shape index (κ2) is 8.71. The molecule has 4 rings (SSSR count). The first-order valence-corrected chi connectivity index (χ1v) is 11.4. The summed E-state index contributed by atoms with van der Waals surface area (Å²) < 4.78 is 0. The fourth-order valence-electron chi connectivity index (χ4n) is 4.50. The van der Waals surface area contributed by atoms with Crippen LogP contribution in [0.2, 0.25) is 10.0 Å². The van der Waals surface area contributed by atoms with E-state index in [0.717, 1.165) is 37.9 Å². The highest BCUT2D eigenvalue weighted by Gasteiger charge is 2.42. The van der Waals surface area contributed by atoms with E-state index in [1.165, 1.54) is 0 Å². The number of phenolic OH excluding ortho intramolecular Hbond substituents is 1.